The minimum atomic E-state index is -0.535. The number of thiophene rings is 1. The van der Waals surface area contributed by atoms with Gasteiger partial charge in [-0.25, -0.2) is 0 Å². The monoisotopic (exact) mass is 356 g/mol. The predicted octanol–water partition coefficient (Wildman–Crippen LogP) is 3.30. The van der Waals surface area contributed by atoms with Crippen LogP contribution in [0.2, 0.25) is 0 Å². The van der Waals surface area contributed by atoms with Crippen molar-refractivity contribution in [2.75, 3.05) is 0 Å². The maximum absolute atomic E-state index is 12.0. The lowest BCUT2D eigenvalue weighted by Gasteiger charge is -2.05. The second-order valence-corrected chi connectivity index (χ2v) is 6.47. The van der Waals surface area contributed by atoms with Crippen molar-refractivity contribution >= 4 is 23.2 Å². The first-order valence-corrected chi connectivity index (χ1v) is 8.37. The lowest BCUT2D eigenvalue weighted by atomic mass is 10.3. The molecule has 2 aromatic heterocycles. The molecule has 0 aliphatic carbocycles. The van der Waals surface area contributed by atoms with E-state index in [1.807, 2.05) is 43.3 Å². The second kappa shape index (κ2) is 7.67. The molecule has 0 radical (unpaired) electrons. The molecule has 128 valence electrons. The number of rotatable bonds is 5. The Hall–Kier alpha value is -3.06. The maximum atomic E-state index is 12.0. The summed E-state index contributed by atoms with van der Waals surface area (Å²) in [4.78, 5) is 25.5. The van der Waals surface area contributed by atoms with Crippen LogP contribution in [-0.4, -0.2) is 11.8 Å². The Morgan fingerprint density at radius 1 is 1.00 bits per heavy atom. The first-order chi connectivity index (χ1) is 12.1. The number of amides is 2. The molecule has 0 saturated carbocycles. The fourth-order valence-corrected chi connectivity index (χ4v) is 2.80. The number of para-hydroxylation sites is 1. The van der Waals surface area contributed by atoms with E-state index in [9.17, 15) is 9.59 Å². The van der Waals surface area contributed by atoms with E-state index in [0.717, 1.165) is 4.88 Å². The van der Waals surface area contributed by atoms with Crippen LogP contribution >= 0.6 is 11.3 Å². The summed E-state index contributed by atoms with van der Waals surface area (Å²) in [7, 11) is 0. The van der Waals surface area contributed by atoms with Gasteiger partial charge in [0.2, 0.25) is 0 Å². The summed E-state index contributed by atoms with van der Waals surface area (Å²) in [5.74, 6) is 0.408. The van der Waals surface area contributed by atoms with Gasteiger partial charge >= 0.3 is 5.91 Å². The Bertz CT molecular complexity index is 870. The minimum absolute atomic E-state index is 0.0920. The third-order valence-electron chi connectivity index (χ3n) is 3.26. The van der Waals surface area contributed by atoms with Crippen molar-refractivity contribution in [2.24, 2.45) is 0 Å². The standard InChI is InChI=1S/C18H16N2O4S/c1-12-7-10-16(25-12)18(22)20-19-17(21)15-9-8-14(24-15)11-23-13-5-3-2-4-6-13/h2-10H,11H2,1H3,(H,19,21)(H,20,22). The molecule has 6 nitrogen and oxygen atoms in total. The summed E-state index contributed by atoms with van der Waals surface area (Å²) >= 11 is 1.35. The Kier molecular flexibility index (Phi) is 5.15. The molecule has 3 rings (SSSR count). The fraction of sp³-hybridized carbons (Fsp3) is 0.111. The van der Waals surface area contributed by atoms with Crippen LogP contribution < -0.4 is 15.6 Å². The molecule has 2 amide bonds. The quantitative estimate of drug-likeness (QED) is 0.688. The van der Waals surface area contributed by atoms with Gasteiger partial charge in [0.05, 0.1) is 4.88 Å². The van der Waals surface area contributed by atoms with Gasteiger partial charge in [0.1, 0.15) is 18.1 Å². The summed E-state index contributed by atoms with van der Waals surface area (Å²) in [5, 5.41) is 0. The number of ether oxygens (including phenoxy) is 1. The van der Waals surface area contributed by atoms with Gasteiger partial charge in [-0.05, 0) is 43.3 Å². The third kappa shape index (κ3) is 4.48. The van der Waals surface area contributed by atoms with Crippen molar-refractivity contribution in [1.82, 2.24) is 10.9 Å². The lowest BCUT2D eigenvalue weighted by molar-refractivity contribution is 0.0830. The van der Waals surface area contributed by atoms with Crippen LogP contribution in [0.25, 0.3) is 0 Å². The van der Waals surface area contributed by atoms with Crippen LogP contribution in [0.3, 0.4) is 0 Å². The number of nitrogens with one attached hydrogen (secondary N) is 2. The second-order valence-electron chi connectivity index (χ2n) is 5.19. The summed E-state index contributed by atoms with van der Waals surface area (Å²) in [6, 6.07) is 16.0. The van der Waals surface area contributed by atoms with E-state index in [4.69, 9.17) is 9.15 Å². The van der Waals surface area contributed by atoms with Crippen molar-refractivity contribution in [2.45, 2.75) is 13.5 Å². The number of aryl methyl sites for hydroxylation is 1. The first-order valence-electron chi connectivity index (χ1n) is 7.55. The molecule has 0 fully saturated rings. The highest BCUT2D eigenvalue weighted by Gasteiger charge is 2.14. The number of hydrogen-bond acceptors (Lipinski definition) is 5. The largest absolute Gasteiger partial charge is 0.486 e. The van der Waals surface area contributed by atoms with Gasteiger partial charge in [-0.1, -0.05) is 18.2 Å². The SMILES string of the molecule is Cc1ccc(C(=O)NNC(=O)c2ccc(COc3ccccc3)o2)s1. The van der Waals surface area contributed by atoms with Crippen LogP contribution in [0.5, 0.6) is 5.75 Å². The molecule has 2 N–H and O–H groups in total. The average molecular weight is 356 g/mol. The van der Waals surface area contributed by atoms with Crippen molar-refractivity contribution in [3.63, 3.8) is 0 Å². The van der Waals surface area contributed by atoms with Gasteiger partial charge in [-0.15, -0.1) is 11.3 Å². The Balaban J connectivity index is 1.51. The van der Waals surface area contributed by atoms with E-state index in [1.54, 1.807) is 12.1 Å². The molecule has 0 unspecified atom stereocenters. The van der Waals surface area contributed by atoms with E-state index in [0.29, 0.717) is 16.4 Å². The van der Waals surface area contributed by atoms with E-state index in [1.165, 1.54) is 17.4 Å². The molecular weight excluding hydrogens is 340 g/mol. The van der Waals surface area contributed by atoms with E-state index < -0.39 is 5.91 Å². The zero-order chi connectivity index (χ0) is 17.6. The van der Waals surface area contributed by atoms with Crippen molar-refractivity contribution < 1.29 is 18.7 Å². The van der Waals surface area contributed by atoms with Gasteiger partial charge in [-0.2, -0.15) is 0 Å². The summed E-state index contributed by atoms with van der Waals surface area (Å²) in [6.45, 7) is 2.11. The molecule has 0 aliphatic rings. The molecule has 0 bridgehead atoms. The molecule has 0 aliphatic heterocycles. The van der Waals surface area contributed by atoms with Gasteiger partial charge < -0.3 is 9.15 Å². The predicted molar refractivity (Wildman–Crippen MR) is 93.5 cm³/mol. The zero-order valence-corrected chi connectivity index (χ0v) is 14.3. The minimum Gasteiger partial charge on any atom is -0.486 e. The van der Waals surface area contributed by atoms with Gasteiger partial charge in [-0.3, -0.25) is 20.4 Å². The van der Waals surface area contributed by atoms with Crippen LogP contribution in [0.4, 0.5) is 0 Å². The highest BCUT2D eigenvalue weighted by Crippen LogP contribution is 2.15. The number of furan rings is 1. The molecule has 2 heterocycles. The molecule has 3 aromatic rings. The van der Waals surface area contributed by atoms with Crippen LogP contribution in [0.1, 0.15) is 30.9 Å². The summed E-state index contributed by atoms with van der Waals surface area (Å²) < 4.78 is 11.0. The van der Waals surface area contributed by atoms with E-state index >= 15 is 0 Å². The third-order valence-corrected chi connectivity index (χ3v) is 4.26. The molecule has 0 saturated heterocycles. The molecular formula is C18H16N2O4S. The van der Waals surface area contributed by atoms with Crippen molar-refractivity contribution in [1.29, 1.82) is 0 Å². The molecule has 7 heteroatoms. The van der Waals surface area contributed by atoms with Crippen LogP contribution in [0, 0.1) is 6.92 Å². The lowest BCUT2D eigenvalue weighted by Crippen LogP contribution is -2.41. The normalized spacial score (nSPS) is 10.3. The molecule has 25 heavy (non-hydrogen) atoms. The Morgan fingerprint density at radius 3 is 2.48 bits per heavy atom. The number of carbonyl (C=O) groups excluding carboxylic acids is 2. The summed E-state index contributed by atoms with van der Waals surface area (Å²) in [6.07, 6.45) is 0. The average Bonchev–Trinajstić information content (AvgIpc) is 3.27. The fourth-order valence-electron chi connectivity index (χ4n) is 2.04. The molecule has 1 aromatic carbocycles. The number of hydrazine groups is 1. The highest BCUT2D eigenvalue weighted by atomic mass is 32.1. The number of carbonyl (C=O) groups is 2. The van der Waals surface area contributed by atoms with Gasteiger partial charge in [0.15, 0.2) is 5.76 Å². The topological polar surface area (TPSA) is 80.6 Å². The molecule has 0 spiro atoms. The number of benzene rings is 1. The van der Waals surface area contributed by atoms with E-state index in [-0.39, 0.29) is 18.3 Å². The van der Waals surface area contributed by atoms with Crippen molar-refractivity contribution in [3.8, 4) is 5.75 Å². The van der Waals surface area contributed by atoms with Crippen molar-refractivity contribution in [3.05, 3.63) is 75.9 Å². The summed E-state index contributed by atoms with van der Waals surface area (Å²) in [5.41, 5.74) is 4.69. The Morgan fingerprint density at radius 2 is 1.76 bits per heavy atom. The number of hydrogen-bond donors (Lipinski definition) is 2. The first kappa shape index (κ1) is 16.8. The molecule has 0 atom stereocenters. The smallest absolute Gasteiger partial charge is 0.305 e. The zero-order valence-electron chi connectivity index (χ0n) is 13.4. The maximum Gasteiger partial charge on any atom is 0.305 e. The van der Waals surface area contributed by atoms with Crippen LogP contribution in [-0.2, 0) is 6.61 Å². The van der Waals surface area contributed by atoms with E-state index in [2.05, 4.69) is 10.9 Å². The van der Waals surface area contributed by atoms with Gasteiger partial charge in [0.25, 0.3) is 5.91 Å². The highest BCUT2D eigenvalue weighted by molar-refractivity contribution is 7.13. The van der Waals surface area contributed by atoms with Crippen LogP contribution in [0.15, 0.2) is 59.0 Å². The van der Waals surface area contributed by atoms with Gasteiger partial charge in [0, 0.05) is 4.88 Å². The Labute approximate surface area is 148 Å².